The monoisotopic (exact) mass is 348 g/mol. The van der Waals surface area contributed by atoms with E-state index >= 15 is 0 Å². The molecule has 118 valence electrons. The first-order valence-corrected chi connectivity index (χ1v) is 7.92. The van der Waals surface area contributed by atoms with E-state index in [1.807, 2.05) is 30.3 Å². The molecule has 0 unspecified atom stereocenters. The van der Waals surface area contributed by atoms with Gasteiger partial charge in [0.05, 0.1) is 12.5 Å². The van der Waals surface area contributed by atoms with Gasteiger partial charge in [-0.1, -0.05) is 29.8 Å². The van der Waals surface area contributed by atoms with Crippen LogP contribution < -0.4 is 15.0 Å². The zero-order chi connectivity index (χ0) is 16.2. The number of rotatable bonds is 5. The van der Waals surface area contributed by atoms with Crippen LogP contribution in [0.2, 0.25) is 5.02 Å². The van der Waals surface area contributed by atoms with Crippen LogP contribution in [0, 0.1) is 0 Å². The third-order valence-electron chi connectivity index (χ3n) is 3.09. The fourth-order valence-corrected chi connectivity index (χ4v) is 2.80. The summed E-state index contributed by atoms with van der Waals surface area (Å²) in [6, 6.07) is 14.7. The average molecular weight is 349 g/mol. The predicted octanol–water partition coefficient (Wildman–Crippen LogP) is 4.04. The van der Waals surface area contributed by atoms with Gasteiger partial charge in [0, 0.05) is 9.92 Å². The lowest BCUT2D eigenvalue weighted by Gasteiger charge is -2.05. The number of nitrogens with one attached hydrogen (secondary N) is 2. The Bertz CT molecular complexity index is 836. The first-order chi connectivity index (χ1) is 11.2. The van der Waals surface area contributed by atoms with Crippen molar-refractivity contribution in [1.82, 2.24) is 10.3 Å². The molecule has 3 aromatic rings. The van der Waals surface area contributed by atoms with Gasteiger partial charge in [-0.05, 0) is 42.3 Å². The van der Waals surface area contributed by atoms with Gasteiger partial charge >= 0.3 is 5.91 Å². The van der Waals surface area contributed by atoms with Crippen LogP contribution in [-0.2, 0) is 0 Å². The fourth-order valence-electron chi connectivity index (χ4n) is 2.08. The molecule has 2 aromatic carbocycles. The van der Waals surface area contributed by atoms with Crippen LogP contribution in [0.5, 0.6) is 5.75 Å². The molecule has 0 radical (unpaired) electrons. The first-order valence-electron chi connectivity index (χ1n) is 6.72. The third-order valence-corrected chi connectivity index (χ3v) is 4.04. The maximum atomic E-state index is 12.3. The SMILES string of the molecule is COc1c(C(=O)NNSc2ccccc2)oc2ccc(Cl)cc12. The van der Waals surface area contributed by atoms with E-state index in [1.165, 1.54) is 19.1 Å². The topological polar surface area (TPSA) is 63.5 Å². The number of amides is 1. The molecule has 5 nitrogen and oxygen atoms in total. The Labute approximate surface area is 142 Å². The molecule has 0 saturated carbocycles. The van der Waals surface area contributed by atoms with Crippen LogP contribution in [0.1, 0.15) is 10.6 Å². The van der Waals surface area contributed by atoms with Crippen LogP contribution in [-0.4, -0.2) is 13.0 Å². The molecule has 0 aliphatic rings. The molecule has 2 N–H and O–H groups in total. The lowest BCUT2D eigenvalue weighted by atomic mass is 10.2. The third kappa shape index (κ3) is 3.44. The van der Waals surface area contributed by atoms with Crippen LogP contribution >= 0.6 is 23.5 Å². The van der Waals surface area contributed by atoms with Crippen molar-refractivity contribution in [2.24, 2.45) is 0 Å². The van der Waals surface area contributed by atoms with Crippen LogP contribution in [0.3, 0.4) is 0 Å². The molecule has 1 aromatic heterocycles. The number of fused-ring (bicyclic) bond motifs is 1. The highest BCUT2D eigenvalue weighted by Crippen LogP contribution is 2.34. The van der Waals surface area contributed by atoms with Gasteiger partial charge in [-0.3, -0.25) is 10.2 Å². The molecular formula is C16H13ClN2O3S. The second kappa shape index (κ2) is 6.95. The molecule has 0 spiro atoms. The first kappa shape index (κ1) is 15.7. The Morgan fingerprint density at radius 3 is 2.74 bits per heavy atom. The summed E-state index contributed by atoms with van der Waals surface area (Å²) in [5, 5.41) is 1.20. The van der Waals surface area contributed by atoms with Gasteiger partial charge in [-0.15, -0.1) is 0 Å². The summed E-state index contributed by atoms with van der Waals surface area (Å²) in [6.45, 7) is 0. The van der Waals surface area contributed by atoms with Crippen molar-refractivity contribution in [1.29, 1.82) is 0 Å². The number of furan rings is 1. The molecule has 7 heteroatoms. The minimum Gasteiger partial charge on any atom is -0.492 e. The van der Waals surface area contributed by atoms with Gasteiger partial charge < -0.3 is 9.15 Å². The predicted molar refractivity (Wildman–Crippen MR) is 90.7 cm³/mol. The summed E-state index contributed by atoms with van der Waals surface area (Å²) in [5.41, 5.74) is 3.10. The molecule has 0 fully saturated rings. The lowest BCUT2D eigenvalue weighted by Crippen LogP contribution is -2.32. The molecule has 0 atom stereocenters. The summed E-state index contributed by atoms with van der Waals surface area (Å²) < 4.78 is 10.9. The second-order valence-corrected chi connectivity index (χ2v) is 5.89. The summed E-state index contributed by atoms with van der Waals surface area (Å²) in [4.78, 5) is 16.0. The van der Waals surface area contributed by atoms with Gasteiger partial charge in [0.1, 0.15) is 5.58 Å². The highest BCUT2D eigenvalue weighted by Gasteiger charge is 2.21. The van der Waals surface area contributed by atoms with Gasteiger partial charge in [0.2, 0.25) is 5.76 Å². The molecule has 3 rings (SSSR count). The Balaban J connectivity index is 1.75. The zero-order valence-electron chi connectivity index (χ0n) is 12.1. The van der Waals surface area contributed by atoms with Crippen molar-refractivity contribution in [3.8, 4) is 5.75 Å². The maximum absolute atomic E-state index is 12.3. The van der Waals surface area contributed by atoms with E-state index in [4.69, 9.17) is 20.8 Å². The van der Waals surface area contributed by atoms with E-state index < -0.39 is 5.91 Å². The average Bonchev–Trinajstić information content (AvgIpc) is 2.93. The highest BCUT2D eigenvalue weighted by molar-refractivity contribution is 7.97. The summed E-state index contributed by atoms with van der Waals surface area (Å²) in [6.07, 6.45) is 0. The van der Waals surface area contributed by atoms with Gasteiger partial charge in [0.25, 0.3) is 0 Å². The van der Waals surface area contributed by atoms with Crippen molar-refractivity contribution in [2.75, 3.05) is 7.11 Å². The van der Waals surface area contributed by atoms with E-state index in [1.54, 1.807) is 18.2 Å². The minimum absolute atomic E-state index is 0.0888. The molecule has 0 aliphatic carbocycles. The number of benzene rings is 2. The number of halogens is 1. The maximum Gasteiger partial charge on any atom is 0.305 e. The van der Waals surface area contributed by atoms with Crippen molar-refractivity contribution in [3.05, 3.63) is 59.3 Å². The molecule has 1 amide bonds. The second-order valence-electron chi connectivity index (χ2n) is 4.58. The van der Waals surface area contributed by atoms with E-state index in [2.05, 4.69) is 10.3 Å². The number of methoxy groups -OCH3 is 1. The largest absolute Gasteiger partial charge is 0.492 e. The van der Waals surface area contributed by atoms with E-state index in [-0.39, 0.29) is 5.76 Å². The molecular weight excluding hydrogens is 336 g/mol. The Morgan fingerprint density at radius 1 is 1.22 bits per heavy atom. The Morgan fingerprint density at radius 2 is 2.00 bits per heavy atom. The summed E-state index contributed by atoms with van der Waals surface area (Å²) in [7, 11) is 1.48. The van der Waals surface area contributed by atoms with Gasteiger partial charge in [-0.2, -0.15) is 4.83 Å². The smallest absolute Gasteiger partial charge is 0.305 e. The number of hydrogen-bond acceptors (Lipinski definition) is 5. The Kier molecular flexibility index (Phi) is 4.76. The summed E-state index contributed by atoms with van der Waals surface area (Å²) >= 11 is 7.26. The quantitative estimate of drug-likeness (QED) is 0.538. The van der Waals surface area contributed by atoms with Crippen LogP contribution in [0.15, 0.2) is 57.8 Å². The highest BCUT2D eigenvalue weighted by atomic mass is 35.5. The lowest BCUT2D eigenvalue weighted by molar-refractivity contribution is 0.0917. The summed E-state index contributed by atoms with van der Waals surface area (Å²) in [5.74, 6) is 0.00930. The number of carbonyl (C=O) groups excluding carboxylic acids is 1. The van der Waals surface area contributed by atoms with Crippen LogP contribution in [0.4, 0.5) is 0 Å². The fraction of sp³-hybridized carbons (Fsp3) is 0.0625. The standard InChI is InChI=1S/C16H13ClN2O3S/c1-21-14-12-9-10(17)7-8-13(12)22-15(14)16(20)18-19-23-11-5-3-2-4-6-11/h2-9,19H,1H3,(H,18,20). The number of carbonyl (C=O) groups is 1. The molecule has 0 saturated heterocycles. The number of hydrogen-bond donors (Lipinski definition) is 2. The molecule has 23 heavy (non-hydrogen) atoms. The van der Waals surface area contributed by atoms with Gasteiger partial charge in [-0.25, -0.2) is 0 Å². The number of ether oxygens (including phenoxy) is 1. The van der Waals surface area contributed by atoms with Gasteiger partial charge in [0.15, 0.2) is 5.75 Å². The normalized spacial score (nSPS) is 10.7. The van der Waals surface area contributed by atoms with E-state index in [0.29, 0.717) is 21.7 Å². The van der Waals surface area contributed by atoms with Crippen molar-refractivity contribution in [3.63, 3.8) is 0 Å². The molecule has 0 aliphatic heterocycles. The molecule has 0 bridgehead atoms. The van der Waals surface area contributed by atoms with Crippen LogP contribution in [0.25, 0.3) is 11.0 Å². The number of hydrazine groups is 1. The Hall–Kier alpha value is -2.15. The van der Waals surface area contributed by atoms with Crippen molar-refractivity contribution < 1.29 is 13.9 Å². The minimum atomic E-state index is -0.433. The van der Waals surface area contributed by atoms with E-state index in [9.17, 15) is 4.79 Å². The van der Waals surface area contributed by atoms with E-state index in [0.717, 1.165) is 4.90 Å². The molecule has 1 heterocycles. The van der Waals surface area contributed by atoms with Crippen molar-refractivity contribution in [2.45, 2.75) is 4.90 Å². The van der Waals surface area contributed by atoms with Crippen molar-refractivity contribution >= 4 is 40.4 Å². The zero-order valence-corrected chi connectivity index (χ0v) is 13.7.